The van der Waals surface area contributed by atoms with Crippen molar-refractivity contribution < 1.29 is 9.90 Å². The van der Waals surface area contributed by atoms with Crippen molar-refractivity contribution in [3.8, 4) is 5.75 Å². The number of carbonyl (C=O) groups is 1. The van der Waals surface area contributed by atoms with Crippen LogP contribution in [0.2, 0.25) is 0 Å². The largest absolute Gasteiger partial charge is 0.506 e. The highest BCUT2D eigenvalue weighted by molar-refractivity contribution is 6.05. The minimum absolute atomic E-state index is 0.0882. The first-order chi connectivity index (χ1) is 9.49. The van der Waals surface area contributed by atoms with Crippen molar-refractivity contribution in [2.75, 3.05) is 11.1 Å². The third-order valence-corrected chi connectivity index (χ3v) is 3.12. The van der Waals surface area contributed by atoms with Gasteiger partial charge < -0.3 is 16.2 Å². The number of benzene rings is 2. The molecule has 0 aliphatic rings. The molecule has 4 nitrogen and oxygen atoms in total. The number of amides is 1. The zero-order chi connectivity index (χ0) is 14.7. The van der Waals surface area contributed by atoms with Gasteiger partial charge in [-0.05, 0) is 35.7 Å². The van der Waals surface area contributed by atoms with Crippen LogP contribution < -0.4 is 11.1 Å². The Labute approximate surface area is 118 Å². The summed E-state index contributed by atoms with van der Waals surface area (Å²) in [6, 6.07) is 12.1. The Morgan fingerprint density at radius 2 is 1.90 bits per heavy atom. The van der Waals surface area contributed by atoms with E-state index in [-0.39, 0.29) is 17.3 Å². The summed E-state index contributed by atoms with van der Waals surface area (Å²) < 4.78 is 0. The lowest BCUT2D eigenvalue weighted by Crippen LogP contribution is -2.13. The number of carbonyl (C=O) groups excluding carboxylic acids is 1. The molecule has 0 aromatic heterocycles. The first-order valence-electron chi connectivity index (χ1n) is 6.48. The number of nitrogen functional groups attached to an aromatic ring is 1. The molecule has 0 heterocycles. The van der Waals surface area contributed by atoms with Crippen LogP contribution >= 0.6 is 0 Å². The van der Waals surface area contributed by atoms with E-state index in [1.165, 1.54) is 12.1 Å². The molecule has 2 aromatic rings. The summed E-state index contributed by atoms with van der Waals surface area (Å²) in [6.07, 6.45) is 0. The molecule has 2 rings (SSSR count). The van der Waals surface area contributed by atoms with Gasteiger partial charge in [-0.15, -0.1) is 0 Å². The van der Waals surface area contributed by atoms with Crippen molar-refractivity contribution >= 4 is 17.3 Å². The lowest BCUT2D eigenvalue weighted by atomic mass is 10.0. The Morgan fingerprint density at radius 1 is 1.20 bits per heavy atom. The number of rotatable bonds is 3. The van der Waals surface area contributed by atoms with Gasteiger partial charge in [0.25, 0.3) is 5.91 Å². The molecule has 4 heteroatoms. The van der Waals surface area contributed by atoms with Gasteiger partial charge in [0.1, 0.15) is 5.75 Å². The zero-order valence-electron chi connectivity index (χ0n) is 11.6. The van der Waals surface area contributed by atoms with Crippen molar-refractivity contribution in [3.05, 3.63) is 53.6 Å². The van der Waals surface area contributed by atoms with E-state index < -0.39 is 0 Å². The normalized spacial score (nSPS) is 10.6. The number of hydrogen-bond acceptors (Lipinski definition) is 3. The summed E-state index contributed by atoms with van der Waals surface area (Å²) >= 11 is 0. The van der Waals surface area contributed by atoms with Gasteiger partial charge in [0.05, 0.1) is 5.69 Å². The summed E-state index contributed by atoms with van der Waals surface area (Å²) in [4.78, 5) is 12.2. The minimum atomic E-state index is -0.270. The summed E-state index contributed by atoms with van der Waals surface area (Å²) in [5.41, 5.74) is 8.00. The van der Waals surface area contributed by atoms with E-state index in [2.05, 4.69) is 19.2 Å². The lowest BCUT2D eigenvalue weighted by molar-refractivity contribution is 0.102. The van der Waals surface area contributed by atoms with Crippen molar-refractivity contribution in [2.24, 2.45) is 0 Å². The predicted octanol–water partition coefficient (Wildman–Crippen LogP) is 3.35. The van der Waals surface area contributed by atoms with Crippen LogP contribution in [0.25, 0.3) is 0 Å². The standard InChI is InChI=1S/C16H18N2O2/c1-10(2)12-5-3-4-6-14(12)18-16(20)11-7-8-13(17)15(19)9-11/h3-10,19H,17H2,1-2H3,(H,18,20). The predicted molar refractivity (Wildman–Crippen MR) is 81.0 cm³/mol. The molecule has 0 bridgehead atoms. The van der Waals surface area contributed by atoms with Crippen molar-refractivity contribution in [1.82, 2.24) is 0 Å². The zero-order valence-corrected chi connectivity index (χ0v) is 11.6. The molecule has 0 fully saturated rings. The summed E-state index contributed by atoms with van der Waals surface area (Å²) in [5, 5.41) is 12.4. The molecule has 0 aliphatic carbocycles. The number of nitrogens with one attached hydrogen (secondary N) is 1. The first kappa shape index (κ1) is 13.9. The van der Waals surface area contributed by atoms with Gasteiger partial charge in [-0.3, -0.25) is 4.79 Å². The topological polar surface area (TPSA) is 75.4 Å². The van der Waals surface area contributed by atoms with Crippen LogP contribution in [0.15, 0.2) is 42.5 Å². The average molecular weight is 270 g/mol. The van der Waals surface area contributed by atoms with Gasteiger partial charge in [-0.2, -0.15) is 0 Å². The molecule has 0 unspecified atom stereocenters. The highest BCUT2D eigenvalue weighted by atomic mass is 16.3. The van der Waals surface area contributed by atoms with Crippen LogP contribution in [0.5, 0.6) is 5.75 Å². The Morgan fingerprint density at radius 3 is 2.55 bits per heavy atom. The second kappa shape index (κ2) is 5.65. The fraction of sp³-hybridized carbons (Fsp3) is 0.188. The average Bonchev–Trinajstić information content (AvgIpc) is 2.42. The number of hydrogen-bond donors (Lipinski definition) is 3. The monoisotopic (exact) mass is 270 g/mol. The van der Waals surface area contributed by atoms with Gasteiger partial charge in [0, 0.05) is 11.3 Å². The van der Waals surface area contributed by atoms with Crippen LogP contribution in [-0.4, -0.2) is 11.0 Å². The van der Waals surface area contributed by atoms with Crippen molar-refractivity contribution in [3.63, 3.8) is 0 Å². The highest BCUT2D eigenvalue weighted by Crippen LogP contribution is 2.25. The van der Waals surface area contributed by atoms with Gasteiger partial charge in [0.2, 0.25) is 0 Å². The van der Waals surface area contributed by atoms with Crippen LogP contribution in [0, 0.1) is 0 Å². The van der Waals surface area contributed by atoms with Gasteiger partial charge in [-0.1, -0.05) is 32.0 Å². The molecule has 0 saturated carbocycles. The van der Waals surface area contributed by atoms with E-state index in [4.69, 9.17) is 5.73 Å². The maximum atomic E-state index is 12.2. The maximum Gasteiger partial charge on any atom is 0.255 e. The number of para-hydroxylation sites is 1. The molecule has 0 spiro atoms. The van der Waals surface area contributed by atoms with Gasteiger partial charge >= 0.3 is 0 Å². The Hall–Kier alpha value is -2.49. The third kappa shape index (κ3) is 2.91. The first-order valence-corrected chi connectivity index (χ1v) is 6.48. The van der Waals surface area contributed by atoms with Crippen LogP contribution in [0.3, 0.4) is 0 Å². The second-order valence-electron chi connectivity index (χ2n) is 4.97. The summed E-state index contributed by atoms with van der Waals surface area (Å²) in [7, 11) is 0. The quantitative estimate of drug-likeness (QED) is 0.591. The SMILES string of the molecule is CC(C)c1ccccc1NC(=O)c1ccc(N)c(O)c1. The Kier molecular flexibility index (Phi) is 3.94. The lowest BCUT2D eigenvalue weighted by Gasteiger charge is -2.13. The molecule has 1 amide bonds. The summed E-state index contributed by atoms with van der Waals surface area (Å²) in [6.45, 7) is 4.14. The Balaban J connectivity index is 2.26. The van der Waals surface area contributed by atoms with Crippen molar-refractivity contribution in [1.29, 1.82) is 0 Å². The number of nitrogens with two attached hydrogens (primary N) is 1. The fourth-order valence-electron chi connectivity index (χ4n) is 1.99. The van der Waals surface area contributed by atoms with E-state index >= 15 is 0 Å². The van der Waals surface area contributed by atoms with Gasteiger partial charge in [-0.25, -0.2) is 0 Å². The highest BCUT2D eigenvalue weighted by Gasteiger charge is 2.12. The minimum Gasteiger partial charge on any atom is -0.506 e. The molecule has 20 heavy (non-hydrogen) atoms. The molecule has 2 aromatic carbocycles. The van der Waals surface area contributed by atoms with E-state index in [1.54, 1.807) is 6.07 Å². The molecule has 4 N–H and O–H groups in total. The van der Waals surface area contributed by atoms with E-state index in [9.17, 15) is 9.90 Å². The number of anilines is 2. The molecule has 104 valence electrons. The van der Waals surface area contributed by atoms with E-state index in [0.717, 1.165) is 11.3 Å². The van der Waals surface area contributed by atoms with Gasteiger partial charge in [0.15, 0.2) is 0 Å². The third-order valence-electron chi connectivity index (χ3n) is 3.12. The Bertz CT molecular complexity index is 636. The molecule has 0 atom stereocenters. The summed E-state index contributed by atoms with van der Waals surface area (Å²) in [5.74, 6) is -0.0467. The van der Waals surface area contributed by atoms with Crippen LogP contribution in [0.4, 0.5) is 11.4 Å². The molecular weight excluding hydrogens is 252 g/mol. The number of phenolic OH excluding ortho intramolecular Hbond substituents is 1. The molecular formula is C16H18N2O2. The van der Waals surface area contributed by atoms with Crippen LogP contribution in [-0.2, 0) is 0 Å². The smallest absolute Gasteiger partial charge is 0.255 e. The molecule has 0 saturated heterocycles. The van der Waals surface area contributed by atoms with E-state index in [0.29, 0.717) is 11.5 Å². The number of phenols is 1. The number of aromatic hydroxyl groups is 1. The van der Waals surface area contributed by atoms with Crippen molar-refractivity contribution in [2.45, 2.75) is 19.8 Å². The maximum absolute atomic E-state index is 12.2. The fourth-order valence-corrected chi connectivity index (χ4v) is 1.99. The molecule has 0 radical (unpaired) electrons. The van der Waals surface area contributed by atoms with Crippen LogP contribution in [0.1, 0.15) is 35.7 Å². The molecule has 0 aliphatic heterocycles. The second-order valence-corrected chi connectivity index (χ2v) is 4.97. The van der Waals surface area contributed by atoms with E-state index in [1.807, 2.05) is 24.3 Å².